The number of carbonyl (C=O) groups is 2. The summed E-state index contributed by atoms with van der Waals surface area (Å²) in [6.45, 7) is 1.79. The third-order valence-electron chi connectivity index (χ3n) is 5.45. The number of fused-ring (bicyclic) bond motifs is 1. The van der Waals surface area contributed by atoms with Crippen LogP contribution < -0.4 is 5.32 Å². The molecule has 1 aromatic carbocycles. The topological polar surface area (TPSA) is 81.2 Å². The molecule has 0 bridgehead atoms. The van der Waals surface area contributed by atoms with Crippen molar-refractivity contribution in [2.24, 2.45) is 0 Å². The van der Waals surface area contributed by atoms with Crippen LogP contribution in [0.2, 0.25) is 0 Å². The van der Waals surface area contributed by atoms with Gasteiger partial charge in [0.1, 0.15) is 16.4 Å². The molecule has 7 heteroatoms. The van der Waals surface area contributed by atoms with Crippen molar-refractivity contribution in [3.63, 3.8) is 0 Å². The van der Waals surface area contributed by atoms with Gasteiger partial charge in [-0.05, 0) is 50.2 Å². The Morgan fingerprint density at radius 3 is 2.76 bits per heavy atom. The van der Waals surface area contributed by atoms with Crippen LogP contribution in [-0.2, 0) is 16.0 Å². The van der Waals surface area contributed by atoms with E-state index in [1.54, 1.807) is 6.92 Å². The van der Waals surface area contributed by atoms with Gasteiger partial charge in [0.25, 0.3) is 0 Å². The van der Waals surface area contributed by atoms with E-state index >= 15 is 0 Å². The van der Waals surface area contributed by atoms with Crippen molar-refractivity contribution in [1.29, 1.82) is 0 Å². The summed E-state index contributed by atoms with van der Waals surface area (Å²) in [4.78, 5) is 34.0. The highest BCUT2D eigenvalue weighted by Gasteiger charge is 2.30. The molecule has 1 heterocycles. The van der Waals surface area contributed by atoms with Crippen LogP contribution in [0.4, 0.5) is 0 Å². The van der Waals surface area contributed by atoms with E-state index in [0.717, 1.165) is 37.9 Å². The van der Waals surface area contributed by atoms with Crippen molar-refractivity contribution in [3.05, 3.63) is 52.5 Å². The second-order valence-corrected chi connectivity index (χ2v) is 8.58. The van der Waals surface area contributed by atoms with Crippen LogP contribution in [0.15, 0.2) is 29.3 Å². The SMILES string of the molecule is COC(=O)c1c(C)nc(C2CC2)nc1SCC(=O)N[C@H]1CCCc2ccccc21. The van der Waals surface area contributed by atoms with Crippen molar-refractivity contribution in [1.82, 2.24) is 15.3 Å². The van der Waals surface area contributed by atoms with Crippen LogP contribution in [0, 0.1) is 6.92 Å². The fourth-order valence-corrected chi connectivity index (χ4v) is 4.69. The second kappa shape index (κ2) is 8.53. The number of esters is 1. The lowest BCUT2D eigenvalue weighted by Gasteiger charge is -2.26. The number of carbonyl (C=O) groups excluding carboxylic acids is 2. The molecule has 0 radical (unpaired) electrons. The van der Waals surface area contributed by atoms with Crippen LogP contribution in [0.25, 0.3) is 0 Å². The summed E-state index contributed by atoms with van der Waals surface area (Å²) < 4.78 is 4.91. The van der Waals surface area contributed by atoms with Gasteiger partial charge in [-0.1, -0.05) is 36.0 Å². The summed E-state index contributed by atoms with van der Waals surface area (Å²) >= 11 is 1.28. The van der Waals surface area contributed by atoms with Crippen LogP contribution in [0.1, 0.15) is 70.6 Å². The van der Waals surface area contributed by atoms with Crippen molar-refractivity contribution in [3.8, 4) is 0 Å². The molecular formula is C22H25N3O3S. The molecule has 1 saturated carbocycles. The molecule has 6 nitrogen and oxygen atoms in total. The minimum atomic E-state index is -0.464. The predicted octanol–water partition coefficient (Wildman–Crippen LogP) is 3.73. The normalized spacial score (nSPS) is 18.1. The lowest BCUT2D eigenvalue weighted by Crippen LogP contribution is -2.32. The Labute approximate surface area is 174 Å². The third kappa shape index (κ3) is 4.45. The Hall–Kier alpha value is -2.41. The molecule has 2 aromatic rings. The van der Waals surface area contributed by atoms with E-state index in [2.05, 4.69) is 27.4 Å². The van der Waals surface area contributed by atoms with Gasteiger partial charge in [-0.15, -0.1) is 0 Å². The maximum Gasteiger partial charge on any atom is 0.342 e. The van der Waals surface area contributed by atoms with Crippen molar-refractivity contribution < 1.29 is 14.3 Å². The maximum absolute atomic E-state index is 12.7. The van der Waals surface area contributed by atoms with Crippen LogP contribution in [0.3, 0.4) is 0 Å². The fourth-order valence-electron chi connectivity index (χ4n) is 3.81. The number of benzene rings is 1. The van der Waals surface area contributed by atoms with Gasteiger partial charge in [-0.25, -0.2) is 14.8 Å². The summed E-state index contributed by atoms with van der Waals surface area (Å²) in [5.74, 6) is 0.806. The number of rotatable bonds is 6. The van der Waals surface area contributed by atoms with Gasteiger partial charge in [0, 0.05) is 5.92 Å². The molecule has 2 aliphatic rings. The van der Waals surface area contributed by atoms with Gasteiger partial charge in [0.2, 0.25) is 5.91 Å². The molecule has 0 aliphatic heterocycles. The van der Waals surface area contributed by atoms with Crippen LogP contribution in [0.5, 0.6) is 0 Å². The number of hydrogen-bond donors (Lipinski definition) is 1. The number of aryl methyl sites for hydroxylation is 2. The van der Waals surface area contributed by atoms with E-state index in [4.69, 9.17) is 4.74 Å². The summed E-state index contributed by atoms with van der Waals surface area (Å²) in [6, 6.07) is 8.33. The van der Waals surface area contributed by atoms with Gasteiger partial charge in [-0.2, -0.15) is 0 Å². The van der Waals surface area contributed by atoms with Crippen molar-refractivity contribution in [2.45, 2.75) is 56.0 Å². The van der Waals surface area contributed by atoms with E-state index in [0.29, 0.717) is 22.2 Å². The first-order chi connectivity index (χ1) is 14.1. The Kier molecular flexibility index (Phi) is 5.85. The Balaban J connectivity index is 1.47. The number of nitrogens with one attached hydrogen (secondary N) is 1. The van der Waals surface area contributed by atoms with Gasteiger partial charge in [0.05, 0.1) is 24.6 Å². The predicted molar refractivity (Wildman–Crippen MR) is 111 cm³/mol. The van der Waals surface area contributed by atoms with Gasteiger partial charge in [-0.3, -0.25) is 4.79 Å². The number of amides is 1. The molecule has 29 heavy (non-hydrogen) atoms. The molecule has 1 fully saturated rings. The first kappa shape index (κ1) is 19.9. The fraction of sp³-hybridized carbons (Fsp3) is 0.455. The second-order valence-electron chi connectivity index (χ2n) is 7.61. The smallest absolute Gasteiger partial charge is 0.342 e. The zero-order valence-electron chi connectivity index (χ0n) is 16.7. The standard InChI is InChI=1S/C22H25N3O3S/c1-13-19(22(27)28-2)21(25-20(23-13)15-10-11-15)29-12-18(26)24-17-9-5-7-14-6-3-4-8-16(14)17/h3-4,6,8,15,17H,5,7,9-12H2,1-2H3,(H,24,26)/t17-/m0/s1. The van der Waals surface area contributed by atoms with E-state index in [1.807, 2.05) is 12.1 Å². The van der Waals surface area contributed by atoms with Crippen molar-refractivity contribution >= 4 is 23.6 Å². The van der Waals surface area contributed by atoms with E-state index in [9.17, 15) is 9.59 Å². The zero-order valence-corrected chi connectivity index (χ0v) is 17.6. The minimum absolute atomic E-state index is 0.0438. The van der Waals surface area contributed by atoms with Gasteiger partial charge >= 0.3 is 5.97 Å². The maximum atomic E-state index is 12.7. The number of methoxy groups -OCH3 is 1. The van der Waals surface area contributed by atoms with Gasteiger partial charge in [0.15, 0.2) is 0 Å². The summed E-state index contributed by atoms with van der Waals surface area (Å²) in [7, 11) is 1.35. The highest BCUT2D eigenvalue weighted by Crippen LogP contribution is 2.39. The molecule has 1 amide bonds. The highest BCUT2D eigenvalue weighted by molar-refractivity contribution is 8.00. The Bertz CT molecular complexity index is 943. The average molecular weight is 412 g/mol. The lowest BCUT2D eigenvalue weighted by atomic mass is 9.88. The van der Waals surface area contributed by atoms with Gasteiger partial charge < -0.3 is 10.1 Å². The molecule has 1 atom stereocenters. The third-order valence-corrected chi connectivity index (χ3v) is 6.43. The average Bonchev–Trinajstić information content (AvgIpc) is 3.57. The first-order valence-electron chi connectivity index (χ1n) is 10.0. The molecule has 0 spiro atoms. The monoisotopic (exact) mass is 411 g/mol. The molecule has 4 rings (SSSR count). The lowest BCUT2D eigenvalue weighted by molar-refractivity contribution is -0.119. The van der Waals surface area contributed by atoms with Crippen molar-refractivity contribution in [2.75, 3.05) is 12.9 Å². The van der Waals surface area contributed by atoms with Crippen LogP contribution >= 0.6 is 11.8 Å². The van der Waals surface area contributed by atoms with E-state index in [1.165, 1.54) is 30.0 Å². The number of ether oxygens (including phenoxy) is 1. The number of thioether (sulfide) groups is 1. The Morgan fingerprint density at radius 1 is 1.21 bits per heavy atom. The highest BCUT2D eigenvalue weighted by atomic mass is 32.2. The largest absolute Gasteiger partial charge is 0.465 e. The number of hydrogen-bond acceptors (Lipinski definition) is 6. The molecular weight excluding hydrogens is 386 g/mol. The number of aromatic nitrogens is 2. The summed E-state index contributed by atoms with van der Waals surface area (Å²) in [5, 5.41) is 3.69. The zero-order chi connectivity index (χ0) is 20.4. The Morgan fingerprint density at radius 2 is 2.00 bits per heavy atom. The quantitative estimate of drug-likeness (QED) is 0.443. The molecule has 0 saturated heterocycles. The number of nitrogens with zero attached hydrogens (tertiary/aromatic N) is 2. The summed E-state index contributed by atoms with van der Waals surface area (Å²) in [5.41, 5.74) is 3.49. The molecule has 0 unspecified atom stereocenters. The van der Waals surface area contributed by atoms with E-state index in [-0.39, 0.29) is 17.7 Å². The molecule has 2 aliphatic carbocycles. The first-order valence-corrected chi connectivity index (χ1v) is 11.0. The van der Waals surface area contributed by atoms with Crippen LogP contribution in [-0.4, -0.2) is 34.7 Å². The molecule has 1 N–H and O–H groups in total. The summed E-state index contributed by atoms with van der Waals surface area (Å²) in [6.07, 6.45) is 5.21. The van der Waals surface area contributed by atoms with E-state index < -0.39 is 5.97 Å². The molecule has 152 valence electrons. The molecule has 1 aromatic heterocycles. The minimum Gasteiger partial charge on any atom is -0.465 e.